The molecule has 5 heteroatoms. The van der Waals surface area contributed by atoms with Crippen LogP contribution in [0.25, 0.3) is 0 Å². The Morgan fingerprint density at radius 1 is 1.29 bits per heavy atom. The number of hydroxylamine groups is 2. The van der Waals surface area contributed by atoms with Gasteiger partial charge in [-0.25, -0.2) is 0 Å². The van der Waals surface area contributed by atoms with Crippen molar-refractivity contribution in [2.24, 2.45) is 0 Å². The minimum Gasteiger partial charge on any atom is -0.480 e. The van der Waals surface area contributed by atoms with E-state index in [1.807, 2.05) is 0 Å². The Kier molecular flexibility index (Phi) is 3.58. The van der Waals surface area contributed by atoms with Gasteiger partial charge in [-0.2, -0.15) is 0 Å². The molecule has 0 spiro atoms. The quantitative estimate of drug-likeness (QED) is 0.621. The van der Waals surface area contributed by atoms with Gasteiger partial charge in [0.05, 0.1) is 0 Å². The van der Waals surface area contributed by atoms with E-state index in [-0.39, 0.29) is 11.6 Å². The Hall–Kier alpha value is -1.43. The third-order valence-electron chi connectivity index (χ3n) is 1.84. The number of hydrogen-bond donors (Lipinski definition) is 3. The van der Waals surface area contributed by atoms with E-state index in [1.165, 1.54) is 0 Å². The van der Waals surface area contributed by atoms with E-state index in [2.05, 4.69) is 0 Å². The Morgan fingerprint density at radius 2 is 1.86 bits per heavy atom. The molecular weight excluding hydrogens is 186 g/mol. The van der Waals surface area contributed by atoms with Crippen molar-refractivity contribution >= 4 is 5.97 Å². The van der Waals surface area contributed by atoms with E-state index in [4.69, 9.17) is 15.5 Å². The second kappa shape index (κ2) is 4.71. The average Bonchev–Trinajstić information content (AvgIpc) is 2.15. The third kappa shape index (κ3) is 2.81. The molecule has 0 aromatic heterocycles. The van der Waals surface area contributed by atoms with Crippen molar-refractivity contribution in [2.75, 3.05) is 0 Å². The SMILES string of the molecule is O=C(O)[C@H](Cc1ccccc1)N(O)O. The highest BCUT2D eigenvalue weighted by Crippen LogP contribution is 2.06. The topological polar surface area (TPSA) is 81.0 Å². The molecule has 1 rings (SSSR count). The van der Waals surface area contributed by atoms with Crippen LogP contribution in [0.2, 0.25) is 0 Å². The van der Waals surface area contributed by atoms with E-state index in [0.29, 0.717) is 0 Å². The summed E-state index contributed by atoms with van der Waals surface area (Å²) < 4.78 is 0. The van der Waals surface area contributed by atoms with Crippen LogP contribution in [0.15, 0.2) is 30.3 Å². The van der Waals surface area contributed by atoms with Crippen molar-refractivity contribution < 1.29 is 20.3 Å². The van der Waals surface area contributed by atoms with Gasteiger partial charge in [-0.15, -0.1) is 0 Å². The summed E-state index contributed by atoms with van der Waals surface area (Å²) in [5.41, 5.74) is 0.730. The number of carbonyl (C=O) groups is 1. The molecule has 0 saturated heterocycles. The number of rotatable bonds is 4. The predicted octanol–water partition coefficient (Wildman–Crippen LogP) is 0.763. The minimum atomic E-state index is -1.34. The lowest BCUT2D eigenvalue weighted by Gasteiger charge is -2.15. The summed E-state index contributed by atoms with van der Waals surface area (Å²) in [5, 5.41) is 25.7. The maximum Gasteiger partial charge on any atom is 0.326 e. The van der Waals surface area contributed by atoms with Gasteiger partial charge in [0, 0.05) is 6.42 Å². The minimum absolute atomic E-state index is 0.0448. The zero-order chi connectivity index (χ0) is 10.6. The highest BCUT2D eigenvalue weighted by molar-refractivity contribution is 5.73. The maximum atomic E-state index is 10.6. The fraction of sp³-hybridized carbons (Fsp3) is 0.222. The molecule has 1 atom stereocenters. The van der Waals surface area contributed by atoms with Gasteiger partial charge < -0.3 is 5.11 Å². The van der Waals surface area contributed by atoms with Gasteiger partial charge in [-0.3, -0.25) is 15.2 Å². The highest BCUT2D eigenvalue weighted by atomic mass is 16.8. The van der Waals surface area contributed by atoms with E-state index < -0.39 is 12.0 Å². The van der Waals surface area contributed by atoms with Crippen LogP contribution in [0.4, 0.5) is 0 Å². The molecule has 5 nitrogen and oxygen atoms in total. The van der Waals surface area contributed by atoms with Gasteiger partial charge in [-0.05, 0) is 5.56 Å². The number of nitrogens with zero attached hydrogens (tertiary/aromatic N) is 1. The summed E-state index contributed by atoms with van der Waals surface area (Å²) in [5.74, 6) is -1.28. The summed E-state index contributed by atoms with van der Waals surface area (Å²) in [7, 11) is 0. The zero-order valence-electron chi connectivity index (χ0n) is 7.37. The number of carboxylic acid groups (broad SMARTS) is 1. The normalized spacial score (nSPS) is 12.8. The summed E-state index contributed by atoms with van der Waals surface area (Å²) in [4.78, 5) is 10.6. The lowest BCUT2D eigenvalue weighted by Crippen LogP contribution is -2.38. The summed E-state index contributed by atoms with van der Waals surface area (Å²) in [6.45, 7) is 0. The first kappa shape index (κ1) is 10.6. The number of carboxylic acids is 1. The van der Waals surface area contributed by atoms with Crippen LogP contribution in [0.3, 0.4) is 0 Å². The van der Waals surface area contributed by atoms with Gasteiger partial charge in [-0.1, -0.05) is 35.6 Å². The molecule has 3 N–H and O–H groups in total. The fourth-order valence-corrected chi connectivity index (χ4v) is 1.11. The lowest BCUT2D eigenvalue weighted by molar-refractivity contribution is -0.327. The molecule has 0 aliphatic rings. The van der Waals surface area contributed by atoms with Crippen LogP contribution in [-0.2, 0) is 11.2 Å². The maximum absolute atomic E-state index is 10.6. The van der Waals surface area contributed by atoms with Crippen molar-refractivity contribution in [1.82, 2.24) is 5.23 Å². The van der Waals surface area contributed by atoms with Crippen molar-refractivity contribution in [3.8, 4) is 0 Å². The third-order valence-corrected chi connectivity index (χ3v) is 1.84. The predicted molar refractivity (Wildman–Crippen MR) is 47.0 cm³/mol. The first-order valence-corrected chi connectivity index (χ1v) is 4.05. The van der Waals surface area contributed by atoms with E-state index >= 15 is 0 Å². The first-order chi connectivity index (χ1) is 6.61. The first-order valence-electron chi connectivity index (χ1n) is 4.05. The molecule has 14 heavy (non-hydrogen) atoms. The molecule has 0 bridgehead atoms. The van der Waals surface area contributed by atoms with Crippen molar-refractivity contribution in [3.05, 3.63) is 35.9 Å². The number of hydrogen-bond acceptors (Lipinski definition) is 4. The second-order valence-electron chi connectivity index (χ2n) is 2.86. The van der Waals surface area contributed by atoms with Crippen LogP contribution in [-0.4, -0.2) is 32.8 Å². The Bertz CT molecular complexity index is 299. The molecule has 76 valence electrons. The molecule has 0 heterocycles. The molecular formula is C9H11NO4. The molecule has 0 fully saturated rings. The zero-order valence-corrected chi connectivity index (χ0v) is 7.37. The fourth-order valence-electron chi connectivity index (χ4n) is 1.11. The molecule has 0 unspecified atom stereocenters. The molecule has 1 aromatic carbocycles. The molecule has 0 aliphatic heterocycles. The van der Waals surface area contributed by atoms with Crippen LogP contribution < -0.4 is 0 Å². The largest absolute Gasteiger partial charge is 0.480 e. The Balaban J connectivity index is 2.70. The second-order valence-corrected chi connectivity index (χ2v) is 2.86. The van der Waals surface area contributed by atoms with Gasteiger partial charge in [0.2, 0.25) is 0 Å². The van der Waals surface area contributed by atoms with Gasteiger partial charge in [0.1, 0.15) is 0 Å². The average molecular weight is 197 g/mol. The molecule has 0 amide bonds. The summed E-state index contributed by atoms with van der Waals surface area (Å²) >= 11 is 0. The monoisotopic (exact) mass is 197 g/mol. The van der Waals surface area contributed by atoms with Gasteiger partial charge in [0.25, 0.3) is 0 Å². The summed E-state index contributed by atoms with van der Waals surface area (Å²) in [6.07, 6.45) is 0.0448. The van der Waals surface area contributed by atoms with Gasteiger partial charge in [0.15, 0.2) is 6.04 Å². The molecule has 0 saturated carbocycles. The summed E-state index contributed by atoms with van der Waals surface area (Å²) in [6, 6.07) is 7.42. The number of benzene rings is 1. The van der Waals surface area contributed by atoms with Crippen LogP contribution in [0, 0.1) is 0 Å². The standard InChI is InChI=1S/C9H11NO4/c11-9(12)8(10(13)14)6-7-4-2-1-3-5-7/h1-5,8,13-14H,6H2,(H,11,12)/t8-/m0/s1. The van der Waals surface area contributed by atoms with E-state index in [9.17, 15) is 4.79 Å². The van der Waals surface area contributed by atoms with E-state index in [0.717, 1.165) is 5.56 Å². The van der Waals surface area contributed by atoms with Crippen LogP contribution in [0.5, 0.6) is 0 Å². The van der Waals surface area contributed by atoms with E-state index in [1.54, 1.807) is 30.3 Å². The number of aliphatic carboxylic acids is 1. The molecule has 0 aliphatic carbocycles. The lowest BCUT2D eigenvalue weighted by atomic mass is 10.1. The smallest absolute Gasteiger partial charge is 0.326 e. The Morgan fingerprint density at radius 3 is 2.29 bits per heavy atom. The molecule has 0 radical (unpaired) electrons. The van der Waals surface area contributed by atoms with Crippen LogP contribution in [0.1, 0.15) is 5.56 Å². The van der Waals surface area contributed by atoms with Crippen molar-refractivity contribution in [3.63, 3.8) is 0 Å². The van der Waals surface area contributed by atoms with Gasteiger partial charge >= 0.3 is 5.97 Å². The van der Waals surface area contributed by atoms with Crippen LogP contribution >= 0.6 is 0 Å². The Labute approximate surface area is 80.7 Å². The van der Waals surface area contributed by atoms with Crippen molar-refractivity contribution in [2.45, 2.75) is 12.5 Å². The highest BCUT2D eigenvalue weighted by Gasteiger charge is 2.23. The molecule has 1 aromatic rings. The van der Waals surface area contributed by atoms with Crippen molar-refractivity contribution in [1.29, 1.82) is 0 Å².